The summed E-state index contributed by atoms with van der Waals surface area (Å²) in [7, 11) is 1.81. The zero-order valence-corrected chi connectivity index (χ0v) is 19.4. The first kappa shape index (κ1) is 23.2. The summed E-state index contributed by atoms with van der Waals surface area (Å²) in [5.74, 6) is 3.74. The average Bonchev–Trinajstić information content (AvgIpc) is 2.63. The van der Waals surface area contributed by atoms with Crippen LogP contribution in [-0.4, -0.2) is 51.3 Å². The molecule has 26 heavy (non-hydrogen) atoms. The van der Waals surface area contributed by atoms with Crippen molar-refractivity contribution in [2.45, 2.75) is 32.1 Å². The van der Waals surface area contributed by atoms with Crippen LogP contribution in [0.25, 0.3) is 0 Å². The van der Waals surface area contributed by atoms with Crippen molar-refractivity contribution in [1.29, 1.82) is 0 Å². The predicted octanol–water partition coefficient (Wildman–Crippen LogP) is 3.66. The van der Waals surface area contributed by atoms with Crippen LogP contribution in [0.4, 0.5) is 0 Å². The molecule has 1 aliphatic heterocycles. The number of thioether (sulfide) groups is 1. The van der Waals surface area contributed by atoms with Gasteiger partial charge in [0.05, 0.1) is 0 Å². The second kappa shape index (κ2) is 11.8. The van der Waals surface area contributed by atoms with E-state index in [1.165, 1.54) is 17.7 Å². The van der Waals surface area contributed by atoms with Gasteiger partial charge in [-0.1, -0.05) is 19.9 Å². The highest BCUT2D eigenvalue weighted by Crippen LogP contribution is 2.34. The molecule has 0 saturated heterocycles. The van der Waals surface area contributed by atoms with Crippen LogP contribution in [0.2, 0.25) is 0 Å². The zero-order valence-electron chi connectivity index (χ0n) is 16.3. The second-order valence-corrected chi connectivity index (χ2v) is 7.78. The lowest BCUT2D eigenvalue weighted by atomic mass is 9.84. The third kappa shape index (κ3) is 7.06. The Bertz CT molecular complexity index is 582. The predicted molar refractivity (Wildman–Crippen MR) is 123 cm³/mol. The Hall–Kier alpha value is -0.830. The standard InChI is InChI=1S/C19H31N3O2S.HI/c1-19(2,14-22-18(20-3)21-9-5-6-12-25-4)15-7-8-16-17(13-15)24-11-10-23-16;/h7-8,13H,5-6,9-12,14H2,1-4H3,(H2,20,21,22);1H. The van der Waals surface area contributed by atoms with Gasteiger partial charge in [0.25, 0.3) is 0 Å². The average molecular weight is 493 g/mol. The van der Waals surface area contributed by atoms with Crippen molar-refractivity contribution in [2.24, 2.45) is 4.99 Å². The Morgan fingerprint density at radius 3 is 2.58 bits per heavy atom. The molecular weight excluding hydrogens is 461 g/mol. The molecule has 0 spiro atoms. The SMILES string of the molecule is CN=C(NCCCCSC)NCC(C)(C)c1ccc2c(c1)OCCO2.I. The van der Waals surface area contributed by atoms with E-state index in [0.717, 1.165) is 37.0 Å². The molecule has 0 unspecified atom stereocenters. The third-order valence-electron chi connectivity index (χ3n) is 4.31. The van der Waals surface area contributed by atoms with Gasteiger partial charge < -0.3 is 20.1 Å². The molecule has 0 radical (unpaired) electrons. The van der Waals surface area contributed by atoms with Crippen molar-refractivity contribution in [3.63, 3.8) is 0 Å². The van der Waals surface area contributed by atoms with Crippen LogP contribution in [0.1, 0.15) is 32.3 Å². The molecule has 148 valence electrons. The van der Waals surface area contributed by atoms with E-state index >= 15 is 0 Å². The Balaban J connectivity index is 0.00000338. The molecule has 1 aromatic carbocycles. The summed E-state index contributed by atoms with van der Waals surface area (Å²) in [6, 6.07) is 6.22. The van der Waals surface area contributed by atoms with Crippen molar-refractivity contribution >= 4 is 41.7 Å². The fraction of sp³-hybridized carbons (Fsp3) is 0.632. The van der Waals surface area contributed by atoms with Crippen LogP contribution in [0, 0.1) is 0 Å². The largest absolute Gasteiger partial charge is 0.486 e. The molecule has 0 aromatic heterocycles. The van der Waals surface area contributed by atoms with Gasteiger partial charge >= 0.3 is 0 Å². The monoisotopic (exact) mass is 493 g/mol. The van der Waals surface area contributed by atoms with Gasteiger partial charge in [-0.15, -0.1) is 24.0 Å². The summed E-state index contributed by atoms with van der Waals surface area (Å²) in [6.07, 6.45) is 4.54. The number of nitrogens with zero attached hydrogens (tertiary/aromatic N) is 1. The van der Waals surface area contributed by atoms with Gasteiger partial charge in [-0.05, 0) is 42.5 Å². The third-order valence-corrected chi connectivity index (χ3v) is 5.01. The smallest absolute Gasteiger partial charge is 0.191 e. The number of rotatable bonds is 8. The van der Waals surface area contributed by atoms with Crippen molar-refractivity contribution in [3.8, 4) is 11.5 Å². The Kier molecular flexibility index (Phi) is 10.5. The number of unbranched alkanes of at least 4 members (excludes halogenated alkanes) is 1. The van der Waals surface area contributed by atoms with Gasteiger partial charge in [0.15, 0.2) is 17.5 Å². The Morgan fingerprint density at radius 1 is 1.15 bits per heavy atom. The minimum absolute atomic E-state index is 0. The number of guanidine groups is 1. The number of halogens is 1. The maximum Gasteiger partial charge on any atom is 0.191 e. The maximum absolute atomic E-state index is 5.71. The molecule has 2 rings (SSSR count). The van der Waals surface area contributed by atoms with Crippen molar-refractivity contribution in [2.75, 3.05) is 45.4 Å². The quantitative estimate of drug-likeness (QED) is 0.251. The van der Waals surface area contributed by atoms with Gasteiger partial charge in [-0.25, -0.2) is 0 Å². The highest BCUT2D eigenvalue weighted by atomic mass is 127. The van der Waals surface area contributed by atoms with Crippen LogP contribution in [-0.2, 0) is 5.41 Å². The lowest BCUT2D eigenvalue weighted by Crippen LogP contribution is -2.43. The van der Waals surface area contributed by atoms with E-state index < -0.39 is 0 Å². The van der Waals surface area contributed by atoms with E-state index in [9.17, 15) is 0 Å². The number of fused-ring (bicyclic) bond motifs is 1. The van der Waals surface area contributed by atoms with E-state index in [4.69, 9.17) is 9.47 Å². The van der Waals surface area contributed by atoms with E-state index in [1.807, 2.05) is 24.9 Å². The highest BCUT2D eigenvalue weighted by molar-refractivity contribution is 14.0. The van der Waals surface area contributed by atoms with Crippen molar-refractivity contribution < 1.29 is 9.47 Å². The molecule has 1 aliphatic rings. The van der Waals surface area contributed by atoms with Gasteiger partial charge in [0.2, 0.25) is 0 Å². The number of benzene rings is 1. The van der Waals surface area contributed by atoms with E-state index in [2.05, 4.69) is 47.9 Å². The molecular formula is C19H32IN3O2S. The molecule has 0 saturated carbocycles. The minimum Gasteiger partial charge on any atom is -0.486 e. The molecule has 2 N–H and O–H groups in total. The molecule has 0 amide bonds. The first-order valence-corrected chi connectivity index (χ1v) is 10.3. The number of nitrogens with one attached hydrogen (secondary N) is 2. The van der Waals surface area contributed by atoms with Crippen LogP contribution in [0.3, 0.4) is 0 Å². The van der Waals surface area contributed by atoms with Crippen LogP contribution in [0.15, 0.2) is 23.2 Å². The number of aliphatic imine (C=N–C) groups is 1. The Morgan fingerprint density at radius 2 is 1.88 bits per heavy atom. The van der Waals surface area contributed by atoms with Gasteiger partial charge in [0.1, 0.15) is 13.2 Å². The van der Waals surface area contributed by atoms with Crippen LogP contribution >= 0.6 is 35.7 Å². The van der Waals surface area contributed by atoms with E-state index in [0.29, 0.717) is 13.2 Å². The number of ether oxygens (including phenoxy) is 2. The molecule has 0 bridgehead atoms. The normalized spacial score (nSPS) is 13.8. The number of hydrogen-bond donors (Lipinski definition) is 2. The number of hydrogen-bond acceptors (Lipinski definition) is 4. The first-order chi connectivity index (χ1) is 12.1. The minimum atomic E-state index is -0.0493. The first-order valence-electron chi connectivity index (χ1n) is 8.90. The van der Waals surface area contributed by atoms with E-state index in [-0.39, 0.29) is 29.4 Å². The fourth-order valence-corrected chi connectivity index (χ4v) is 3.16. The second-order valence-electron chi connectivity index (χ2n) is 6.79. The Labute approximate surface area is 179 Å². The van der Waals surface area contributed by atoms with Crippen molar-refractivity contribution in [3.05, 3.63) is 23.8 Å². The van der Waals surface area contributed by atoms with Crippen LogP contribution < -0.4 is 20.1 Å². The molecule has 7 heteroatoms. The molecule has 0 aliphatic carbocycles. The van der Waals surface area contributed by atoms with Gasteiger partial charge in [-0.2, -0.15) is 11.8 Å². The van der Waals surface area contributed by atoms with Crippen molar-refractivity contribution in [1.82, 2.24) is 10.6 Å². The lowest BCUT2D eigenvalue weighted by molar-refractivity contribution is 0.171. The van der Waals surface area contributed by atoms with Gasteiger partial charge in [-0.3, -0.25) is 4.99 Å². The van der Waals surface area contributed by atoms with E-state index in [1.54, 1.807) is 0 Å². The highest BCUT2D eigenvalue weighted by Gasteiger charge is 2.23. The van der Waals surface area contributed by atoms with Crippen LogP contribution in [0.5, 0.6) is 11.5 Å². The summed E-state index contributed by atoms with van der Waals surface area (Å²) in [4.78, 5) is 4.32. The molecule has 0 atom stereocenters. The summed E-state index contributed by atoms with van der Waals surface area (Å²) in [5.41, 5.74) is 1.17. The summed E-state index contributed by atoms with van der Waals surface area (Å²) in [6.45, 7) is 7.41. The summed E-state index contributed by atoms with van der Waals surface area (Å²) < 4.78 is 11.3. The summed E-state index contributed by atoms with van der Waals surface area (Å²) >= 11 is 1.89. The van der Waals surface area contributed by atoms with Gasteiger partial charge in [0, 0.05) is 25.6 Å². The molecule has 1 heterocycles. The zero-order chi connectivity index (χ0) is 18.1. The lowest BCUT2D eigenvalue weighted by Gasteiger charge is -2.28. The maximum atomic E-state index is 5.71. The fourth-order valence-electron chi connectivity index (χ4n) is 2.67. The topological polar surface area (TPSA) is 54.9 Å². The summed E-state index contributed by atoms with van der Waals surface area (Å²) in [5, 5.41) is 6.83. The molecule has 0 fully saturated rings. The molecule has 5 nitrogen and oxygen atoms in total. The molecule has 1 aromatic rings.